The lowest BCUT2D eigenvalue weighted by Crippen LogP contribution is -2.29. The summed E-state index contributed by atoms with van der Waals surface area (Å²) in [6, 6.07) is 4.81. The SMILES string of the molecule is COc1cc(NC(=O)C(C)C(C)C(=O)O)ccc1Cl. The van der Waals surface area contributed by atoms with E-state index in [0.717, 1.165) is 0 Å². The minimum absolute atomic E-state index is 0.362. The van der Waals surface area contributed by atoms with Crippen molar-refractivity contribution < 1.29 is 19.4 Å². The zero-order chi connectivity index (χ0) is 14.6. The van der Waals surface area contributed by atoms with Crippen LogP contribution in [0.15, 0.2) is 18.2 Å². The fourth-order valence-electron chi connectivity index (χ4n) is 1.43. The zero-order valence-electron chi connectivity index (χ0n) is 10.9. The van der Waals surface area contributed by atoms with Crippen LogP contribution in [0.25, 0.3) is 0 Å². The summed E-state index contributed by atoms with van der Waals surface area (Å²) < 4.78 is 5.04. The Morgan fingerprint density at radius 3 is 2.47 bits per heavy atom. The van der Waals surface area contributed by atoms with Crippen LogP contribution < -0.4 is 10.1 Å². The molecule has 1 aromatic carbocycles. The number of anilines is 1. The van der Waals surface area contributed by atoms with Gasteiger partial charge in [0.05, 0.1) is 18.1 Å². The van der Waals surface area contributed by atoms with E-state index in [-0.39, 0.29) is 5.91 Å². The van der Waals surface area contributed by atoms with Gasteiger partial charge in [0, 0.05) is 17.7 Å². The Morgan fingerprint density at radius 1 is 1.32 bits per heavy atom. The average Bonchev–Trinajstić information content (AvgIpc) is 2.38. The highest BCUT2D eigenvalue weighted by Crippen LogP contribution is 2.27. The summed E-state index contributed by atoms with van der Waals surface area (Å²) in [6.45, 7) is 3.07. The topological polar surface area (TPSA) is 75.6 Å². The summed E-state index contributed by atoms with van der Waals surface area (Å²) in [6.07, 6.45) is 0. The summed E-state index contributed by atoms with van der Waals surface area (Å²) in [5, 5.41) is 11.9. The first-order valence-electron chi connectivity index (χ1n) is 5.74. The average molecular weight is 286 g/mol. The number of hydrogen-bond donors (Lipinski definition) is 2. The molecular formula is C13H16ClNO4. The molecule has 0 aliphatic carbocycles. The number of aliphatic carboxylic acids is 1. The number of nitrogens with one attached hydrogen (secondary N) is 1. The second-order valence-corrected chi connectivity index (χ2v) is 4.66. The molecule has 0 saturated heterocycles. The molecule has 0 fully saturated rings. The number of methoxy groups -OCH3 is 1. The molecule has 5 nitrogen and oxygen atoms in total. The number of ether oxygens (including phenoxy) is 1. The van der Waals surface area contributed by atoms with Crippen LogP contribution in [0.4, 0.5) is 5.69 Å². The van der Waals surface area contributed by atoms with E-state index in [1.54, 1.807) is 25.1 Å². The first-order chi connectivity index (χ1) is 8.86. The van der Waals surface area contributed by atoms with E-state index in [9.17, 15) is 9.59 Å². The Balaban J connectivity index is 2.79. The second kappa shape index (κ2) is 6.43. The van der Waals surface area contributed by atoms with E-state index in [1.807, 2.05) is 0 Å². The van der Waals surface area contributed by atoms with Crippen molar-refractivity contribution in [3.05, 3.63) is 23.2 Å². The molecule has 0 radical (unpaired) electrons. The normalized spacial score (nSPS) is 13.5. The van der Waals surface area contributed by atoms with Gasteiger partial charge in [-0.1, -0.05) is 25.4 Å². The van der Waals surface area contributed by atoms with Crippen LogP contribution in [-0.2, 0) is 9.59 Å². The Bertz CT molecular complexity index is 490. The summed E-state index contributed by atoms with van der Waals surface area (Å²) in [5.74, 6) is -2.32. The molecule has 0 heterocycles. The largest absolute Gasteiger partial charge is 0.495 e. The fraction of sp³-hybridized carbons (Fsp3) is 0.385. The standard InChI is InChI=1S/C13H16ClNO4/c1-7(8(2)13(17)18)12(16)15-9-4-5-10(14)11(6-9)19-3/h4-8H,1-3H3,(H,15,16)(H,17,18). The van der Waals surface area contributed by atoms with Gasteiger partial charge >= 0.3 is 5.97 Å². The van der Waals surface area contributed by atoms with Gasteiger partial charge in [0.15, 0.2) is 0 Å². The number of carbonyl (C=O) groups excluding carboxylic acids is 1. The zero-order valence-corrected chi connectivity index (χ0v) is 11.7. The van der Waals surface area contributed by atoms with Crippen LogP contribution in [0, 0.1) is 11.8 Å². The van der Waals surface area contributed by atoms with Crippen molar-refractivity contribution in [1.82, 2.24) is 0 Å². The molecular weight excluding hydrogens is 270 g/mol. The predicted molar refractivity (Wildman–Crippen MR) is 72.6 cm³/mol. The molecule has 1 aromatic rings. The molecule has 2 N–H and O–H groups in total. The molecule has 2 atom stereocenters. The quantitative estimate of drug-likeness (QED) is 0.872. The van der Waals surface area contributed by atoms with Gasteiger partial charge in [-0.2, -0.15) is 0 Å². The highest BCUT2D eigenvalue weighted by molar-refractivity contribution is 6.32. The number of rotatable bonds is 5. The molecule has 1 rings (SSSR count). The molecule has 0 aromatic heterocycles. The van der Waals surface area contributed by atoms with Crippen molar-refractivity contribution in [2.45, 2.75) is 13.8 Å². The van der Waals surface area contributed by atoms with Gasteiger partial charge in [0.1, 0.15) is 5.75 Å². The van der Waals surface area contributed by atoms with Crippen LogP contribution in [0.2, 0.25) is 5.02 Å². The molecule has 0 spiro atoms. The third-order valence-electron chi connectivity index (χ3n) is 2.97. The first kappa shape index (κ1) is 15.3. The van der Waals surface area contributed by atoms with E-state index < -0.39 is 17.8 Å². The summed E-state index contributed by atoms with van der Waals surface area (Å²) in [7, 11) is 1.47. The lowest BCUT2D eigenvalue weighted by molar-refractivity contribution is -0.145. The third kappa shape index (κ3) is 3.86. The molecule has 6 heteroatoms. The van der Waals surface area contributed by atoms with Crippen LogP contribution >= 0.6 is 11.6 Å². The van der Waals surface area contributed by atoms with Crippen LogP contribution in [0.3, 0.4) is 0 Å². The van der Waals surface area contributed by atoms with E-state index in [1.165, 1.54) is 14.0 Å². The van der Waals surface area contributed by atoms with Crippen molar-refractivity contribution in [3.63, 3.8) is 0 Å². The number of benzene rings is 1. The number of carboxylic acids is 1. The Labute approximate surface area is 116 Å². The number of halogens is 1. The molecule has 0 aliphatic rings. The third-order valence-corrected chi connectivity index (χ3v) is 3.28. The van der Waals surface area contributed by atoms with Gasteiger partial charge < -0.3 is 15.2 Å². The molecule has 104 valence electrons. The summed E-state index contributed by atoms with van der Waals surface area (Å²) in [4.78, 5) is 22.7. The maximum absolute atomic E-state index is 11.9. The van der Waals surface area contributed by atoms with Crippen molar-refractivity contribution in [3.8, 4) is 5.75 Å². The predicted octanol–water partition coefficient (Wildman–Crippen LogP) is 2.64. The van der Waals surface area contributed by atoms with Crippen LogP contribution in [0.5, 0.6) is 5.75 Å². The summed E-state index contributed by atoms with van der Waals surface area (Å²) in [5.41, 5.74) is 0.510. The molecule has 0 aliphatic heterocycles. The monoisotopic (exact) mass is 285 g/mol. The van der Waals surface area contributed by atoms with Gasteiger partial charge in [-0.3, -0.25) is 9.59 Å². The van der Waals surface area contributed by atoms with E-state index in [0.29, 0.717) is 16.5 Å². The molecule has 1 amide bonds. The van der Waals surface area contributed by atoms with Crippen LogP contribution in [-0.4, -0.2) is 24.1 Å². The smallest absolute Gasteiger partial charge is 0.307 e. The van der Waals surface area contributed by atoms with E-state index in [2.05, 4.69) is 5.32 Å². The molecule has 2 unspecified atom stereocenters. The number of carbonyl (C=O) groups is 2. The van der Waals surface area contributed by atoms with Gasteiger partial charge in [0.25, 0.3) is 0 Å². The Morgan fingerprint density at radius 2 is 1.95 bits per heavy atom. The van der Waals surface area contributed by atoms with Crippen LogP contribution in [0.1, 0.15) is 13.8 Å². The summed E-state index contributed by atoms with van der Waals surface area (Å²) >= 11 is 5.87. The minimum atomic E-state index is -1.00. The van der Waals surface area contributed by atoms with Gasteiger partial charge in [-0.15, -0.1) is 0 Å². The second-order valence-electron chi connectivity index (χ2n) is 4.25. The number of hydrogen-bond acceptors (Lipinski definition) is 3. The molecule has 0 bridgehead atoms. The van der Waals surface area contributed by atoms with Gasteiger partial charge in [-0.25, -0.2) is 0 Å². The van der Waals surface area contributed by atoms with Crippen molar-refractivity contribution in [1.29, 1.82) is 0 Å². The maximum atomic E-state index is 11.9. The minimum Gasteiger partial charge on any atom is -0.495 e. The fourth-order valence-corrected chi connectivity index (χ4v) is 1.63. The van der Waals surface area contributed by atoms with E-state index >= 15 is 0 Å². The number of amides is 1. The van der Waals surface area contributed by atoms with E-state index in [4.69, 9.17) is 21.4 Å². The first-order valence-corrected chi connectivity index (χ1v) is 6.11. The van der Waals surface area contributed by atoms with Crippen molar-refractivity contribution in [2.24, 2.45) is 11.8 Å². The Hall–Kier alpha value is -1.75. The van der Waals surface area contributed by atoms with Crippen molar-refractivity contribution in [2.75, 3.05) is 12.4 Å². The molecule has 19 heavy (non-hydrogen) atoms. The maximum Gasteiger partial charge on any atom is 0.307 e. The molecule has 0 saturated carbocycles. The highest BCUT2D eigenvalue weighted by atomic mass is 35.5. The van der Waals surface area contributed by atoms with Gasteiger partial charge in [-0.05, 0) is 12.1 Å². The number of carboxylic acid groups (broad SMARTS) is 1. The lowest BCUT2D eigenvalue weighted by atomic mass is 9.95. The Kier molecular flexibility index (Phi) is 5.18. The van der Waals surface area contributed by atoms with Crippen molar-refractivity contribution >= 4 is 29.2 Å². The highest BCUT2D eigenvalue weighted by Gasteiger charge is 2.25. The van der Waals surface area contributed by atoms with Gasteiger partial charge in [0.2, 0.25) is 5.91 Å². The lowest BCUT2D eigenvalue weighted by Gasteiger charge is -2.16.